The monoisotopic (exact) mass is 356 g/mol. The SMILES string of the molecule is CCCc1ccc(/C(F)=C(\F)C(=O)Oc2cc(F)c(F)c(F)c2)cc1. The van der Waals surface area contributed by atoms with Gasteiger partial charge in [-0.2, -0.15) is 4.39 Å². The molecule has 0 spiro atoms. The summed E-state index contributed by atoms with van der Waals surface area (Å²) >= 11 is 0. The molecule has 132 valence electrons. The fourth-order valence-corrected chi connectivity index (χ4v) is 2.07. The molecule has 7 heteroatoms. The van der Waals surface area contributed by atoms with Crippen LogP contribution in [0.3, 0.4) is 0 Å². The first-order chi connectivity index (χ1) is 11.8. The molecule has 0 saturated heterocycles. The van der Waals surface area contributed by atoms with Gasteiger partial charge in [-0.05, 0) is 12.0 Å². The van der Waals surface area contributed by atoms with E-state index in [-0.39, 0.29) is 5.56 Å². The minimum atomic E-state index is -1.87. The van der Waals surface area contributed by atoms with Gasteiger partial charge in [0.2, 0.25) is 5.83 Å². The van der Waals surface area contributed by atoms with Gasteiger partial charge in [-0.15, -0.1) is 0 Å². The van der Waals surface area contributed by atoms with Gasteiger partial charge in [0.05, 0.1) is 0 Å². The van der Waals surface area contributed by atoms with Crippen LogP contribution >= 0.6 is 0 Å². The number of aryl methyl sites for hydroxylation is 1. The third-order valence-corrected chi connectivity index (χ3v) is 3.29. The van der Waals surface area contributed by atoms with Crippen LogP contribution in [0.2, 0.25) is 0 Å². The van der Waals surface area contributed by atoms with E-state index in [0.717, 1.165) is 18.4 Å². The van der Waals surface area contributed by atoms with Gasteiger partial charge in [0.15, 0.2) is 23.3 Å². The number of benzene rings is 2. The van der Waals surface area contributed by atoms with Crippen LogP contribution in [0.15, 0.2) is 42.2 Å². The molecule has 0 aliphatic rings. The van der Waals surface area contributed by atoms with Crippen LogP contribution in [0.25, 0.3) is 5.83 Å². The summed E-state index contributed by atoms with van der Waals surface area (Å²) < 4.78 is 71.1. The molecule has 2 nitrogen and oxygen atoms in total. The number of halogens is 5. The van der Waals surface area contributed by atoms with Crippen LogP contribution in [0.5, 0.6) is 5.75 Å². The summed E-state index contributed by atoms with van der Waals surface area (Å²) in [7, 11) is 0. The van der Waals surface area contributed by atoms with Crippen molar-refractivity contribution in [1.29, 1.82) is 0 Å². The highest BCUT2D eigenvalue weighted by Gasteiger charge is 2.21. The van der Waals surface area contributed by atoms with Gasteiger partial charge in [-0.1, -0.05) is 37.6 Å². The summed E-state index contributed by atoms with van der Waals surface area (Å²) in [4.78, 5) is 11.6. The highest BCUT2D eigenvalue weighted by molar-refractivity contribution is 5.94. The van der Waals surface area contributed by atoms with Gasteiger partial charge in [0.1, 0.15) is 5.75 Å². The molecule has 0 unspecified atom stereocenters. The van der Waals surface area contributed by atoms with Gasteiger partial charge < -0.3 is 4.74 Å². The number of carbonyl (C=O) groups excluding carboxylic acids is 1. The highest BCUT2D eigenvalue weighted by atomic mass is 19.2. The average Bonchev–Trinajstić information content (AvgIpc) is 2.59. The molecule has 2 rings (SSSR count). The van der Waals surface area contributed by atoms with Crippen molar-refractivity contribution < 1.29 is 31.5 Å². The number of esters is 1. The number of rotatable bonds is 5. The van der Waals surface area contributed by atoms with Crippen molar-refractivity contribution >= 4 is 11.8 Å². The largest absolute Gasteiger partial charge is 0.421 e. The van der Waals surface area contributed by atoms with E-state index in [4.69, 9.17) is 0 Å². The molecule has 0 aromatic heterocycles. The molecule has 25 heavy (non-hydrogen) atoms. The molecule has 0 amide bonds. The van der Waals surface area contributed by atoms with Gasteiger partial charge in [0, 0.05) is 17.7 Å². The lowest BCUT2D eigenvalue weighted by molar-refractivity contribution is -0.131. The second-order valence-electron chi connectivity index (χ2n) is 5.17. The van der Waals surface area contributed by atoms with Gasteiger partial charge in [-0.3, -0.25) is 0 Å². The van der Waals surface area contributed by atoms with Crippen LogP contribution in [-0.2, 0) is 11.2 Å². The Labute approximate surface area is 140 Å². The Kier molecular flexibility index (Phi) is 5.90. The first-order valence-corrected chi connectivity index (χ1v) is 7.34. The van der Waals surface area contributed by atoms with Crippen LogP contribution in [-0.4, -0.2) is 5.97 Å². The van der Waals surface area contributed by atoms with Crippen molar-refractivity contribution in [2.45, 2.75) is 19.8 Å². The first-order valence-electron chi connectivity index (χ1n) is 7.34. The molecule has 0 heterocycles. The fourth-order valence-electron chi connectivity index (χ4n) is 2.07. The Hall–Kier alpha value is -2.70. The van der Waals surface area contributed by atoms with Crippen LogP contribution in [0.1, 0.15) is 24.5 Å². The molecule has 0 N–H and O–H groups in total. The predicted molar refractivity (Wildman–Crippen MR) is 81.5 cm³/mol. The molecule has 0 saturated carbocycles. The minimum absolute atomic E-state index is 0.189. The first kappa shape index (κ1) is 18.6. The number of ether oxygens (including phenoxy) is 1. The third kappa shape index (κ3) is 4.43. The lowest BCUT2D eigenvalue weighted by Gasteiger charge is -2.06. The zero-order chi connectivity index (χ0) is 18.6. The van der Waals surface area contributed by atoms with Gasteiger partial charge in [0.25, 0.3) is 0 Å². The maximum absolute atomic E-state index is 14.0. The molecule has 0 fully saturated rings. The Balaban J connectivity index is 2.21. The van der Waals surface area contributed by atoms with Crippen molar-refractivity contribution in [2.75, 3.05) is 0 Å². The van der Waals surface area contributed by atoms with E-state index >= 15 is 0 Å². The summed E-state index contributed by atoms with van der Waals surface area (Å²) in [6.45, 7) is 1.96. The van der Waals surface area contributed by atoms with Crippen LogP contribution < -0.4 is 4.74 Å². The molecule has 0 aliphatic carbocycles. The summed E-state index contributed by atoms with van der Waals surface area (Å²) in [6, 6.07) is 6.46. The maximum atomic E-state index is 14.0. The fraction of sp³-hybridized carbons (Fsp3) is 0.167. The molecule has 2 aromatic rings. The Morgan fingerprint density at radius 2 is 1.56 bits per heavy atom. The van der Waals surface area contributed by atoms with Crippen molar-refractivity contribution in [3.05, 3.63) is 70.8 Å². The average molecular weight is 356 g/mol. The zero-order valence-corrected chi connectivity index (χ0v) is 13.1. The van der Waals surface area contributed by atoms with E-state index < -0.39 is 40.8 Å². The molecule has 0 atom stereocenters. The van der Waals surface area contributed by atoms with Crippen molar-refractivity contribution in [1.82, 2.24) is 0 Å². The van der Waals surface area contributed by atoms with Crippen LogP contribution in [0, 0.1) is 17.5 Å². The van der Waals surface area contributed by atoms with Crippen molar-refractivity contribution in [3.63, 3.8) is 0 Å². The summed E-state index contributed by atoms with van der Waals surface area (Å²) in [5.74, 6) is -10.9. The summed E-state index contributed by atoms with van der Waals surface area (Å²) in [6.07, 6.45) is 1.64. The molecule has 0 aliphatic heterocycles. The van der Waals surface area contributed by atoms with E-state index in [9.17, 15) is 26.7 Å². The van der Waals surface area contributed by atoms with E-state index in [1.807, 2.05) is 6.92 Å². The topological polar surface area (TPSA) is 26.3 Å². The van der Waals surface area contributed by atoms with Crippen molar-refractivity contribution in [2.24, 2.45) is 0 Å². The van der Waals surface area contributed by atoms with E-state index in [1.54, 1.807) is 12.1 Å². The smallest absolute Gasteiger partial charge is 0.375 e. The number of hydrogen-bond acceptors (Lipinski definition) is 2. The number of carbonyl (C=O) groups is 1. The Morgan fingerprint density at radius 3 is 2.08 bits per heavy atom. The van der Waals surface area contributed by atoms with Gasteiger partial charge >= 0.3 is 5.97 Å². The van der Waals surface area contributed by atoms with E-state index in [2.05, 4.69) is 4.74 Å². The minimum Gasteiger partial charge on any atom is -0.421 e. The Morgan fingerprint density at radius 1 is 1.00 bits per heavy atom. The molecule has 2 aromatic carbocycles. The second-order valence-corrected chi connectivity index (χ2v) is 5.17. The lowest BCUT2D eigenvalue weighted by Crippen LogP contribution is -2.10. The van der Waals surface area contributed by atoms with E-state index in [0.29, 0.717) is 12.1 Å². The van der Waals surface area contributed by atoms with Crippen LogP contribution in [0.4, 0.5) is 22.0 Å². The standard InChI is InChI=1S/C18H13F5O2/c1-2-3-10-4-6-11(7-5-10)15(21)17(23)18(24)25-12-8-13(19)16(22)14(20)9-12/h4-9H,2-3H2,1H3/b17-15+. The molecule has 0 bridgehead atoms. The maximum Gasteiger partial charge on any atom is 0.375 e. The number of hydrogen-bond donors (Lipinski definition) is 0. The summed E-state index contributed by atoms with van der Waals surface area (Å²) in [5, 5.41) is 0. The zero-order valence-electron chi connectivity index (χ0n) is 13.1. The second kappa shape index (κ2) is 7.92. The Bertz CT molecular complexity index is 790. The third-order valence-electron chi connectivity index (χ3n) is 3.29. The normalized spacial score (nSPS) is 11.9. The summed E-state index contributed by atoms with van der Waals surface area (Å²) in [5.41, 5.74) is 0.727. The quantitative estimate of drug-likeness (QED) is 0.240. The van der Waals surface area contributed by atoms with E-state index in [1.165, 1.54) is 12.1 Å². The molecular formula is C18H13F5O2. The van der Waals surface area contributed by atoms with Crippen molar-refractivity contribution in [3.8, 4) is 5.75 Å². The molecule has 0 radical (unpaired) electrons. The predicted octanol–water partition coefficient (Wildman–Crippen LogP) is 5.27. The molecular weight excluding hydrogens is 343 g/mol. The van der Waals surface area contributed by atoms with Gasteiger partial charge in [-0.25, -0.2) is 22.4 Å². The highest BCUT2D eigenvalue weighted by Crippen LogP contribution is 2.25. The lowest BCUT2D eigenvalue weighted by atomic mass is 10.1.